The topological polar surface area (TPSA) is 32.6 Å². The number of rotatable bonds is 5. The normalized spacial score (nSPS) is 16.1. The number of pyridine rings is 1. The maximum absolute atomic E-state index is 14.3. The largest absolute Gasteiger partial charge is 0.489 e. The SMILES string of the molecule is COC1(c2cc(F)cc(OCc3ccc4c(ccc(=S)n4C)c3)c2)CCOCC1. The average molecular weight is 414 g/mol. The molecular weight excluding hydrogens is 389 g/mol. The fourth-order valence-electron chi connectivity index (χ4n) is 3.91. The van der Waals surface area contributed by atoms with Gasteiger partial charge in [0.15, 0.2) is 0 Å². The molecule has 3 aromatic rings. The minimum atomic E-state index is -0.530. The molecule has 2 aromatic carbocycles. The number of aromatic nitrogens is 1. The first kappa shape index (κ1) is 20.0. The highest BCUT2D eigenvalue weighted by molar-refractivity contribution is 7.71. The van der Waals surface area contributed by atoms with Gasteiger partial charge in [0, 0.05) is 51.8 Å². The summed E-state index contributed by atoms with van der Waals surface area (Å²) in [6, 6.07) is 14.9. The molecule has 1 aromatic heterocycles. The standard InChI is InChI=1S/C23H24FNO3S/c1-25-21-5-3-16(11-17(21)4-6-22(25)29)15-28-20-13-18(12-19(24)14-20)23(26-2)7-9-27-10-8-23/h3-6,11-14H,7-10,15H2,1-2H3. The molecule has 0 bridgehead atoms. The van der Waals surface area contributed by atoms with E-state index in [4.69, 9.17) is 26.4 Å². The minimum absolute atomic E-state index is 0.330. The lowest BCUT2D eigenvalue weighted by Crippen LogP contribution is -2.35. The van der Waals surface area contributed by atoms with Crippen LogP contribution in [0.15, 0.2) is 48.5 Å². The molecule has 1 fully saturated rings. The molecule has 1 aliphatic heterocycles. The van der Waals surface area contributed by atoms with Crippen LogP contribution >= 0.6 is 12.2 Å². The minimum Gasteiger partial charge on any atom is -0.489 e. The van der Waals surface area contributed by atoms with E-state index >= 15 is 0 Å². The number of fused-ring (bicyclic) bond motifs is 1. The molecule has 0 spiro atoms. The molecule has 0 atom stereocenters. The predicted octanol–water partition coefficient (Wildman–Crippen LogP) is 5.28. The molecule has 0 unspecified atom stereocenters. The van der Waals surface area contributed by atoms with E-state index in [9.17, 15) is 4.39 Å². The van der Waals surface area contributed by atoms with E-state index in [2.05, 4.69) is 6.07 Å². The quantitative estimate of drug-likeness (QED) is 0.533. The Morgan fingerprint density at radius 2 is 1.90 bits per heavy atom. The van der Waals surface area contributed by atoms with Crippen molar-refractivity contribution in [2.45, 2.75) is 25.0 Å². The van der Waals surface area contributed by atoms with Crippen LogP contribution in [-0.4, -0.2) is 24.9 Å². The number of ether oxygens (including phenoxy) is 3. The van der Waals surface area contributed by atoms with E-state index in [1.54, 1.807) is 7.11 Å². The number of halogens is 1. The van der Waals surface area contributed by atoms with Crippen LogP contribution in [0.4, 0.5) is 4.39 Å². The number of hydrogen-bond donors (Lipinski definition) is 0. The lowest BCUT2D eigenvalue weighted by molar-refractivity contribution is -0.0950. The van der Waals surface area contributed by atoms with E-state index in [1.807, 2.05) is 41.9 Å². The first-order valence-electron chi connectivity index (χ1n) is 9.66. The van der Waals surface area contributed by atoms with Crippen molar-refractivity contribution >= 4 is 23.1 Å². The maximum atomic E-state index is 14.3. The summed E-state index contributed by atoms with van der Waals surface area (Å²) in [5.74, 6) is 0.165. The summed E-state index contributed by atoms with van der Waals surface area (Å²) in [6.45, 7) is 1.55. The third-order valence-electron chi connectivity index (χ3n) is 5.68. The Hall–Kier alpha value is -2.28. The van der Waals surface area contributed by atoms with Crippen LogP contribution in [0.3, 0.4) is 0 Å². The zero-order valence-electron chi connectivity index (χ0n) is 16.6. The molecule has 4 rings (SSSR count). The van der Waals surface area contributed by atoms with Crippen molar-refractivity contribution in [3.8, 4) is 5.75 Å². The highest BCUT2D eigenvalue weighted by Gasteiger charge is 2.35. The first-order valence-corrected chi connectivity index (χ1v) is 10.1. The Bertz CT molecular complexity index is 1090. The summed E-state index contributed by atoms with van der Waals surface area (Å²) in [5.41, 5.74) is 2.34. The van der Waals surface area contributed by atoms with Gasteiger partial charge in [-0.15, -0.1) is 0 Å². The number of hydrogen-bond acceptors (Lipinski definition) is 4. The second-order valence-corrected chi connectivity index (χ2v) is 7.82. The highest BCUT2D eigenvalue weighted by atomic mass is 32.1. The van der Waals surface area contributed by atoms with Crippen molar-refractivity contribution in [2.24, 2.45) is 7.05 Å². The van der Waals surface area contributed by atoms with E-state index in [0.29, 0.717) is 38.4 Å². The number of aryl methyl sites for hydroxylation is 1. The molecule has 152 valence electrons. The Morgan fingerprint density at radius 3 is 2.66 bits per heavy atom. The van der Waals surface area contributed by atoms with Crippen molar-refractivity contribution in [1.29, 1.82) is 0 Å². The van der Waals surface area contributed by atoms with Crippen LogP contribution in [-0.2, 0) is 28.7 Å². The van der Waals surface area contributed by atoms with Gasteiger partial charge in [0.25, 0.3) is 0 Å². The summed E-state index contributed by atoms with van der Waals surface area (Å²) < 4.78 is 34.3. The molecule has 1 aliphatic rings. The third-order valence-corrected chi connectivity index (χ3v) is 6.09. The van der Waals surface area contributed by atoms with Gasteiger partial charge in [0.2, 0.25) is 0 Å². The van der Waals surface area contributed by atoms with Gasteiger partial charge in [0.1, 0.15) is 22.8 Å². The second kappa shape index (κ2) is 8.22. The number of nitrogens with zero attached hydrogens (tertiary/aromatic N) is 1. The van der Waals surface area contributed by atoms with Gasteiger partial charge in [-0.25, -0.2) is 4.39 Å². The van der Waals surface area contributed by atoms with Crippen molar-refractivity contribution in [2.75, 3.05) is 20.3 Å². The summed E-state index contributed by atoms with van der Waals surface area (Å²) >= 11 is 5.31. The Labute approximate surface area is 174 Å². The van der Waals surface area contributed by atoms with E-state index in [-0.39, 0.29) is 5.82 Å². The highest BCUT2D eigenvalue weighted by Crippen LogP contribution is 2.37. The van der Waals surface area contributed by atoms with Gasteiger partial charge in [-0.05, 0) is 52.9 Å². The molecule has 29 heavy (non-hydrogen) atoms. The summed E-state index contributed by atoms with van der Waals surface area (Å²) in [7, 11) is 3.62. The van der Waals surface area contributed by atoms with E-state index in [1.165, 1.54) is 12.1 Å². The lowest BCUT2D eigenvalue weighted by atomic mass is 9.86. The van der Waals surface area contributed by atoms with Gasteiger partial charge in [-0.3, -0.25) is 0 Å². The van der Waals surface area contributed by atoms with Gasteiger partial charge >= 0.3 is 0 Å². The zero-order chi connectivity index (χ0) is 20.4. The van der Waals surface area contributed by atoms with E-state index in [0.717, 1.165) is 26.7 Å². The summed E-state index contributed by atoms with van der Waals surface area (Å²) in [4.78, 5) is 0. The van der Waals surface area contributed by atoms with Crippen LogP contribution in [0.2, 0.25) is 0 Å². The summed E-state index contributed by atoms with van der Waals surface area (Å²) in [5, 5.41) is 1.09. The van der Waals surface area contributed by atoms with Gasteiger partial charge in [0.05, 0.1) is 5.60 Å². The molecule has 6 heteroatoms. The fraction of sp³-hybridized carbons (Fsp3) is 0.348. The maximum Gasteiger partial charge on any atom is 0.127 e. The Morgan fingerprint density at radius 1 is 1.10 bits per heavy atom. The fourth-order valence-corrected chi connectivity index (χ4v) is 4.08. The zero-order valence-corrected chi connectivity index (χ0v) is 17.4. The Kier molecular flexibility index (Phi) is 5.67. The lowest BCUT2D eigenvalue weighted by Gasteiger charge is -2.36. The van der Waals surface area contributed by atoms with Crippen molar-refractivity contribution in [3.63, 3.8) is 0 Å². The van der Waals surface area contributed by atoms with Gasteiger partial charge in [-0.2, -0.15) is 0 Å². The van der Waals surface area contributed by atoms with Gasteiger partial charge < -0.3 is 18.8 Å². The molecule has 1 saturated heterocycles. The van der Waals surface area contributed by atoms with Gasteiger partial charge in [-0.1, -0.05) is 18.3 Å². The van der Waals surface area contributed by atoms with Crippen LogP contribution in [0, 0.1) is 10.5 Å². The molecular formula is C23H24FNO3S. The first-order chi connectivity index (χ1) is 14.0. The molecule has 0 amide bonds. The molecule has 0 radical (unpaired) electrons. The second-order valence-electron chi connectivity index (χ2n) is 7.40. The van der Waals surface area contributed by atoms with Crippen molar-refractivity contribution < 1.29 is 18.6 Å². The molecule has 0 N–H and O–H groups in total. The van der Waals surface area contributed by atoms with E-state index < -0.39 is 5.60 Å². The number of methoxy groups -OCH3 is 1. The smallest absolute Gasteiger partial charge is 0.127 e. The predicted molar refractivity (Wildman–Crippen MR) is 113 cm³/mol. The summed E-state index contributed by atoms with van der Waals surface area (Å²) in [6.07, 6.45) is 1.39. The average Bonchev–Trinajstić information content (AvgIpc) is 2.75. The monoisotopic (exact) mass is 413 g/mol. The molecule has 2 heterocycles. The third kappa shape index (κ3) is 4.06. The Balaban J connectivity index is 1.57. The molecule has 0 saturated carbocycles. The van der Waals surface area contributed by atoms with Crippen LogP contribution < -0.4 is 4.74 Å². The molecule has 4 nitrogen and oxygen atoms in total. The van der Waals surface area contributed by atoms with Crippen molar-refractivity contribution in [3.05, 3.63) is 70.1 Å². The number of benzene rings is 2. The van der Waals surface area contributed by atoms with Crippen LogP contribution in [0.1, 0.15) is 24.0 Å². The van der Waals surface area contributed by atoms with Crippen LogP contribution in [0.5, 0.6) is 5.75 Å². The van der Waals surface area contributed by atoms with Crippen molar-refractivity contribution in [1.82, 2.24) is 4.57 Å². The van der Waals surface area contributed by atoms with Crippen LogP contribution in [0.25, 0.3) is 10.9 Å². The molecule has 0 aliphatic carbocycles.